The van der Waals surface area contributed by atoms with Crippen molar-refractivity contribution >= 4 is 28.7 Å². The summed E-state index contributed by atoms with van der Waals surface area (Å²) in [7, 11) is 0. The smallest absolute Gasteiger partial charge is 0.319 e. The van der Waals surface area contributed by atoms with Crippen LogP contribution in [0.25, 0.3) is 0 Å². The fourth-order valence-corrected chi connectivity index (χ4v) is 3.45. The largest absolute Gasteiger partial charge is 0.367 e. The fraction of sp³-hybridized carbons (Fsp3) is 0.235. The number of urea groups is 1. The van der Waals surface area contributed by atoms with E-state index < -0.39 is 0 Å². The summed E-state index contributed by atoms with van der Waals surface area (Å²) in [5, 5.41) is 7.66. The zero-order valence-corrected chi connectivity index (χ0v) is 13.2. The molecule has 2 N–H and O–H groups in total. The summed E-state index contributed by atoms with van der Waals surface area (Å²) in [5.74, 6) is 0. The lowest BCUT2D eigenvalue weighted by Crippen LogP contribution is -2.29. The zero-order valence-electron chi connectivity index (χ0n) is 12.3. The van der Waals surface area contributed by atoms with Crippen LogP contribution in [-0.2, 0) is 13.0 Å². The van der Waals surface area contributed by atoms with E-state index in [-0.39, 0.29) is 6.03 Å². The van der Waals surface area contributed by atoms with Gasteiger partial charge in [0, 0.05) is 35.9 Å². The number of carbonyl (C=O) groups excluding carboxylic acids is 1. The first kappa shape index (κ1) is 14.7. The average Bonchev–Trinajstić information content (AvgIpc) is 3.01. The van der Waals surface area contributed by atoms with E-state index in [2.05, 4.69) is 45.7 Å². The van der Waals surface area contributed by atoms with Crippen LogP contribution < -0.4 is 15.5 Å². The van der Waals surface area contributed by atoms with Gasteiger partial charge in [0.15, 0.2) is 0 Å². The third kappa shape index (κ3) is 3.31. The molecule has 2 heterocycles. The highest BCUT2D eigenvalue weighted by Crippen LogP contribution is 2.28. The first-order chi connectivity index (χ1) is 10.8. The van der Waals surface area contributed by atoms with Crippen molar-refractivity contribution in [1.82, 2.24) is 5.32 Å². The lowest BCUT2D eigenvalue weighted by atomic mass is 10.1. The highest BCUT2D eigenvalue weighted by molar-refractivity contribution is 7.10. The normalized spacial score (nSPS) is 13.4. The van der Waals surface area contributed by atoms with Gasteiger partial charge < -0.3 is 15.5 Å². The third-order valence-corrected chi connectivity index (χ3v) is 4.73. The number of nitrogens with zero attached hydrogens (tertiary/aromatic N) is 1. The lowest BCUT2D eigenvalue weighted by molar-refractivity contribution is 0.253. The minimum Gasteiger partial charge on any atom is -0.367 e. The zero-order chi connectivity index (χ0) is 15.4. The molecule has 0 radical (unpaired) electrons. The number of carbonyl (C=O) groups is 1. The molecule has 1 aliphatic rings. The molecular weight excluding hydrogens is 294 g/mol. The van der Waals surface area contributed by atoms with E-state index in [1.165, 1.54) is 16.1 Å². The van der Waals surface area contributed by atoms with E-state index in [0.717, 1.165) is 25.2 Å². The number of fused-ring (bicyclic) bond motifs is 1. The van der Waals surface area contributed by atoms with Crippen molar-refractivity contribution in [3.63, 3.8) is 0 Å². The van der Waals surface area contributed by atoms with Gasteiger partial charge in [-0.15, -0.1) is 17.9 Å². The molecule has 5 heteroatoms. The van der Waals surface area contributed by atoms with Gasteiger partial charge in [-0.25, -0.2) is 4.79 Å². The highest BCUT2D eigenvalue weighted by atomic mass is 32.1. The Morgan fingerprint density at radius 1 is 1.32 bits per heavy atom. The van der Waals surface area contributed by atoms with Gasteiger partial charge in [0.25, 0.3) is 0 Å². The molecule has 1 aromatic heterocycles. The molecule has 0 unspecified atom stereocenters. The Balaban J connectivity index is 1.62. The van der Waals surface area contributed by atoms with Crippen LogP contribution in [0.2, 0.25) is 0 Å². The van der Waals surface area contributed by atoms with Crippen molar-refractivity contribution in [3.8, 4) is 0 Å². The molecule has 2 aromatic rings. The number of hydrogen-bond acceptors (Lipinski definition) is 3. The van der Waals surface area contributed by atoms with Gasteiger partial charge in [0.1, 0.15) is 0 Å². The highest BCUT2D eigenvalue weighted by Gasteiger charge is 2.17. The van der Waals surface area contributed by atoms with Crippen molar-refractivity contribution in [2.75, 3.05) is 23.3 Å². The second-order valence-corrected chi connectivity index (χ2v) is 6.21. The van der Waals surface area contributed by atoms with Crippen LogP contribution in [0.4, 0.5) is 16.2 Å². The number of rotatable bonds is 4. The molecule has 22 heavy (non-hydrogen) atoms. The van der Waals surface area contributed by atoms with E-state index in [9.17, 15) is 4.79 Å². The topological polar surface area (TPSA) is 44.4 Å². The molecule has 0 saturated heterocycles. The van der Waals surface area contributed by atoms with E-state index in [1.807, 2.05) is 23.5 Å². The number of benzene rings is 1. The van der Waals surface area contributed by atoms with Gasteiger partial charge in [-0.1, -0.05) is 6.08 Å². The Kier molecular flexibility index (Phi) is 4.44. The van der Waals surface area contributed by atoms with Crippen LogP contribution in [-0.4, -0.2) is 19.1 Å². The maximum absolute atomic E-state index is 11.6. The fourth-order valence-electron chi connectivity index (χ4n) is 2.56. The average molecular weight is 313 g/mol. The second kappa shape index (κ2) is 6.66. The summed E-state index contributed by atoms with van der Waals surface area (Å²) >= 11 is 1.85. The van der Waals surface area contributed by atoms with Crippen molar-refractivity contribution in [3.05, 3.63) is 58.8 Å². The first-order valence-electron chi connectivity index (χ1n) is 7.32. The molecule has 2 amide bonds. The number of amides is 2. The van der Waals surface area contributed by atoms with Crippen molar-refractivity contribution in [2.45, 2.75) is 13.0 Å². The summed E-state index contributed by atoms with van der Waals surface area (Å²) in [6.07, 6.45) is 2.76. The van der Waals surface area contributed by atoms with Gasteiger partial charge in [-0.3, -0.25) is 0 Å². The summed E-state index contributed by atoms with van der Waals surface area (Å²) in [4.78, 5) is 15.5. The minimum absolute atomic E-state index is 0.214. The van der Waals surface area contributed by atoms with Crippen LogP contribution in [0.15, 0.2) is 48.4 Å². The molecule has 0 fully saturated rings. The van der Waals surface area contributed by atoms with E-state index in [4.69, 9.17) is 0 Å². The summed E-state index contributed by atoms with van der Waals surface area (Å²) in [5.41, 5.74) is 3.41. The summed E-state index contributed by atoms with van der Waals surface area (Å²) < 4.78 is 0. The molecule has 0 saturated carbocycles. The predicted molar refractivity (Wildman–Crippen MR) is 92.7 cm³/mol. The molecule has 4 nitrogen and oxygen atoms in total. The Hall–Kier alpha value is -2.27. The maximum atomic E-state index is 11.6. The van der Waals surface area contributed by atoms with Gasteiger partial charge in [0.05, 0.1) is 0 Å². The number of hydrogen-bond donors (Lipinski definition) is 2. The predicted octanol–water partition coefficient (Wildman–Crippen LogP) is 3.62. The SMILES string of the molecule is C=CCNC(=O)Nc1ccc(N2CCc3sccc3C2)cc1. The van der Waals surface area contributed by atoms with Crippen molar-refractivity contribution < 1.29 is 4.79 Å². The quantitative estimate of drug-likeness (QED) is 0.847. The van der Waals surface area contributed by atoms with Gasteiger partial charge >= 0.3 is 6.03 Å². The van der Waals surface area contributed by atoms with E-state index >= 15 is 0 Å². The summed E-state index contributed by atoms with van der Waals surface area (Å²) in [6.45, 7) is 6.03. The molecule has 3 rings (SSSR count). The molecule has 0 atom stereocenters. The van der Waals surface area contributed by atoms with Crippen LogP contribution in [0.3, 0.4) is 0 Å². The Morgan fingerprint density at radius 2 is 2.14 bits per heavy atom. The molecular formula is C17H19N3OS. The molecule has 114 valence electrons. The Labute approximate surface area is 134 Å². The van der Waals surface area contributed by atoms with Crippen LogP contribution in [0, 0.1) is 0 Å². The van der Waals surface area contributed by atoms with Crippen molar-refractivity contribution in [2.24, 2.45) is 0 Å². The number of anilines is 2. The molecule has 1 aliphatic heterocycles. The number of thiophene rings is 1. The molecule has 1 aromatic carbocycles. The van der Waals surface area contributed by atoms with Crippen LogP contribution >= 0.6 is 11.3 Å². The van der Waals surface area contributed by atoms with Crippen molar-refractivity contribution in [1.29, 1.82) is 0 Å². The van der Waals surface area contributed by atoms with Crippen LogP contribution in [0.5, 0.6) is 0 Å². The molecule has 0 aliphatic carbocycles. The van der Waals surface area contributed by atoms with E-state index in [1.54, 1.807) is 6.08 Å². The molecule has 0 spiro atoms. The Bertz CT molecular complexity index is 663. The van der Waals surface area contributed by atoms with Gasteiger partial charge in [-0.2, -0.15) is 0 Å². The van der Waals surface area contributed by atoms with Crippen LogP contribution in [0.1, 0.15) is 10.4 Å². The standard InChI is InChI=1S/C17H19N3OS/c1-2-9-18-17(21)19-14-3-5-15(6-4-14)20-10-7-16-13(12-20)8-11-22-16/h2-6,8,11H,1,7,9-10,12H2,(H2,18,19,21). The van der Waals surface area contributed by atoms with E-state index in [0.29, 0.717) is 6.54 Å². The maximum Gasteiger partial charge on any atom is 0.319 e. The molecule has 0 bridgehead atoms. The summed E-state index contributed by atoms with van der Waals surface area (Å²) in [6, 6.07) is 9.98. The second-order valence-electron chi connectivity index (χ2n) is 5.21. The van der Waals surface area contributed by atoms with Gasteiger partial charge in [-0.05, 0) is 47.7 Å². The number of nitrogens with one attached hydrogen (secondary N) is 2. The minimum atomic E-state index is -0.214. The Morgan fingerprint density at radius 3 is 2.91 bits per heavy atom. The third-order valence-electron chi connectivity index (χ3n) is 3.70. The van der Waals surface area contributed by atoms with Gasteiger partial charge in [0.2, 0.25) is 0 Å². The first-order valence-corrected chi connectivity index (χ1v) is 8.20. The lowest BCUT2D eigenvalue weighted by Gasteiger charge is -2.29. The monoisotopic (exact) mass is 313 g/mol.